The van der Waals surface area contributed by atoms with Crippen LogP contribution < -0.4 is 24.4 Å². The van der Waals surface area contributed by atoms with Gasteiger partial charge in [0.15, 0.2) is 0 Å². The molecule has 44 heavy (non-hydrogen) atoms. The van der Waals surface area contributed by atoms with Crippen molar-refractivity contribution in [2.24, 2.45) is 0 Å². The third-order valence-corrected chi connectivity index (χ3v) is 8.68. The molecule has 9 nitrogen and oxygen atoms in total. The number of nitrogens with one attached hydrogen (secondary N) is 2. The number of rotatable bonds is 13. The van der Waals surface area contributed by atoms with Gasteiger partial charge in [0.25, 0.3) is 5.91 Å². The van der Waals surface area contributed by atoms with Crippen molar-refractivity contribution in [2.45, 2.75) is 57.8 Å². The van der Waals surface area contributed by atoms with Gasteiger partial charge in [-0.2, -0.15) is 0 Å². The Balaban J connectivity index is 1.51. The minimum absolute atomic E-state index is 0.00983. The molecule has 1 saturated heterocycles. The molecule has 3 N–H and O–H groups in total. The van der Waals surface area contributed by atoms with Crippen molar-refractivity contribution in [3.63, 3.8) is 0 Å². The third-order valence-electron chi connectivity index (χ3n) is 6.81. The molecule has 3 aromatic carbocycles. The maximum atomic E-state index is 13.6. The summed E-state index contributed by atoms with van der Waals surface area (Å²) in [5.74, 6) is -0.532. The van der Waals surface area contributed by atoms with E-state index in [1.807, 2.05) is 44.2 Å². The van der Waals surface area contributed by atoms with Crippen LogP contribution in [0.5, 0.6) is 11.5 Å². The largest absolute Gasteiger partial charge is 0.573 e. The van der Waals surface area contributed by atoms with Crippen LogP contribution in [0.25, 0.3) is 0 Å². The van der Waals surface area contributed by atoms with Crippen molar-refractivity contribution in [1.82, 2.24) is 10.6 Å². The Morgan fingerprint density at radius 3 is 2.39 bits per heavy atom. The first-order valence-electron chi connectivity index (χ1n) is 14.2. The number of hydrogen-bond acceptors (Lipinski definition) is 7. The average molecular weight is 636 g/mol. The van der Waals surface area contributed by atoms with Crippen LogP contribution in [0.15, 0.2) is 72.8 Å². The molecule has 1 aliphatic rings. The Bertz CT molecular complexity index is 1520. The summed E-state index contributed by atoms with van der Waals surface area (Å²) in [5, 5.41) is 17.1. The summed E-state index contributed by atoms with van der Waals surface area (Å²) in [5.41, 5.74) is 1.85. The fraction of sp³-hybridized carbons (Fsp3) is 0.387. The Labute approximate surface area is 255 Å². The van der Waals surface area contributed by atoms with Crippen molar-refractivity contribution >= 4 is 21.6 Å². The minimum Gasteiger partial charge on any atom is -0.491 e. The standard InChI is InChI=1S/C31H36F3N3O6S/c1-21(2)42-27-17-24(16-25(18-27)37-12-7-13-44(37,40)41)30(39)36-28(15-22-8-4-3-5-9-22)29(38)20-35-19-23-10-6-11-26(14-23)43-31(32,33)34/h3-6,8-11,14,16-18,21,28-29,35,38H,7,12-13,15,19-20H2,1-2H3,(H,36,39)/t28-,29+/m0/s1. The van der Waals surface area contributed by atoms with Crippen LogP contribution in [0.4, 0.5) is 18.9 Å². The molecule has 0 spiro atoms. The molecule has 0 unspecified atom stereocenters. The molecule has 0 aromatic heterocycles. The van der Waals surface area contributed by atoms with Crippen LogP contribution in [0.1, 0.15) is 41.8 Å². The van der Waals surface area contributed by atoms with Gasteiger partial charge in [-0.15, -0.1) is 13.2 Å². The Hall–Kier alpha value is -3.81. The molecule has 1 aliphatic heterocycles. The van der Waals surface area contributed by atoms with Gasteiger partial charge in [-0.3, -0.25) is 9.10 Å². The van der Waals surface area contributed by atoms with E-state index in [0.717, 1.165) is 5.56 Å². The molecular formula is C31H36F3N3O6S. The topological polar surface area (TPSA) is 117 Å². The van der Waals surface area contributed by atoms with E-state index in [-0.39, 0.29) is 42.7 Å². The lowest BCUT2D eigenvalue weighted by Gasteiger charge is -2.26. The first-order chi connectivity index (χ1) is 20.8. The number of anilines is 1. The highest BCUT2D eigenvalue weighted by molar-refractivity contribution is 7.93. The van der Waals surface area contributed by atoms with Crippen molar-refractivity contribution < 1.29 is 41.0 Å². The quantitative estimate of drug-likeness (QED) is 0.255. The number of sulfonamides is 1. The average Bonchev–Trinajstić information content (AvgIpc) is 3.30. The van der Waals surface area contributed by atoms with Crippen molar-refractivity contribution in [1.29, 1.82) is 0 Å². The highest BCUT2D eigenvalue weighted by atomic mass is 32.2. The maximum Gasteiger partial charge on any atom is 0.573 e. The Morgan fingerprint density at radius 2 is 1.73 bits per heavy atom. The number of carbonyl (C=O) groups excluding carboxylic acids is 1. The van der Waals surface area contributed by atoms with Gasteiger partial charge in [0.05, 0.1) is 29.7 Å². The molecule has 13 heteroatoms. The van der Waals surface area contributed by atoms with E-state index in [2.05, 4.69) is 15.4 Å². The summed E-state index contributed by atoms with van der Waals surface area (Å²) in [6.45, 7) is 4.08. The molecule has 0 aliphatic carbocycles. The SMILES string of the molecule is CC(C)Oc1cc(C(=O)N[C@@H](Cc2ccccc2)[C@H](O)CNCc2cccc(OC(F)(F)F)c2)cc(N2CCCS2(=O)=O)c1. The molecule has 0 saturated carbocycles. The highest BCUT2D eigenvalue weighted by Crippen LogP contribution is 2.30. The van der Waals surface area contributed by atoms with Crippen molar-refractivity contribution in [3.8, 4) is 11.5 Å². The second kappa shape index (κ2) is 14.3. The fourth-order valence-electron chi connectivity index (χ4n) is 4.89. The zero-order valence-corrected chi connectivity index (χ0v) is 25.2. The van der Waals surface area contributed by atoms with Gasteiger partial charge >= 0.3 is 6.36 Å². The van der Waals surface area contributed by atoms with Gasteiger partial charge in [0, 0.05) is 31.3 Å². The van der Waals surface area contributed by atoms with Gasteiger partial charge in [-0.1, -0.05) is 42.5 Å². The van der Waals surface area contributed by atoms with E-state index < -0.39 is 34.4 Å². The first kappa shape index (κ1) is 33.1. The lowest BCUT2D eigenvalue weighted by atomic mass is 10.00. The normalized spacial score (nSPS) is 16.0. The number of carbonyl (C=O) groups is 1. The Kier molecular flexibility index (Phi) is 10.8. The number of aliphatic hydroxyl groups excluding tert-OH is 1. The van der Waals surface area contributed by atoms with Crippen LogP contribution in [-0.4, -0.2) is 62.9 Å². The molecule has 1 fully saturated rings. The molecular weight excluding hydrogens is 599 g/mol. The number of benzene rings is 3. The number of amides is 1. The minimum atomic E-state index is -4.81. The second-order valence-electron chi connectivity index (χ2n) is 10.8. The van der Waals surface area contributed by atoms with Gasteiger partial charge in [0.1, 0.15) is 11.5 Å². The fourth-order valence-corrected chi connectivity index (χ4v) is 6.44. The van der Waals surface area contributed by atoms with E-state index in [4.69, 9.17) is 4.74 Å². The predicted octanol–water partition coefficient (Wildman–Crippen LogP) is 4.40. The predicted molar refractivity (Wildman–Crippen MR) is 160 cm³/mol. The molecule has 238 valence electrons. The smallest absolute Gasteiger partial charge is 0.491 e. The van der Waals surface area contributed by atoms with Crippen molar-refractivity contribution in [3.05, 3.63) is 89.5 Å². The zero-order chi connectivity index (χ0) is 31.9. The summed E-state index contributed by atoms with van der Waals surface area (Å²) < 4.78 is 74.1. The number of ether oxygens (including phenoxy) is 2. The molecule has 0 bridgehead atoms. The van der Waals surface area contributed by atoms with E-state index in [1.165, 1.54) is 34.6 Å². The molecule has 0 radical (unpaired) electrons. The van der Waals surface area contributed by atoms with Crippen molar-refractivity contribution in [2.75, 3.05) is 23.1 Å². The molecule has 4 rings (SSSR count). The van der Waals surface area contributed by atoms with Crippen LogP contribution in [0.3, 0.4) is 0 Å². The molecule has 1 heterocycles. The number of halogens is 3. The highest BCUT2D eigenvalue weighted by Gasteiger charge is 2.32. The number of alkyl halides is 3. The van der Waals surface area contributed by atoms with Gasteiger partial charge in [-0.05, 0) is 62.1 Å². The number of nitrogens with zero attached hydrogens (tertiary/aromatic N) is 1. The van der Waals surface area contributed by atoms with Gasteiger partial charge in [0.2, 0.25) is 10.0 Å². The van der Waals surface area contributed by atoms with E-state index in [1.54, 1.807) is 12.1 Å². The maximum absolute atomic E-state index is 13.6. The molecule has 3 aromatic rings. The molecule has 2 atom stereocenters. The monoisotopic (exact) mass is 635 g/mol. The van der Waals surface area contributed by atoms with Crippen LogP contribution >= 0.6 is 0 Å². The number of aliphatic hydroxyl groups is 1. The first-order valence-corrected chi connectivity index (χ1v) is 15.8. The third kappa shape index (κ3) is 9.60. The molecule has 1 amide bonds. The van der Waals surface area contributed by atoms with E-state index in [0.29, 0.717) is 30.0 Å². The summed E-state index contributed by atoms with van der Waals surface area (Å²) >= 11 is 0. The van der Waals surface area contributed by atoms with Crippen LogP contribution in [0.2, 0.25) is 0 Å². The summed E-state index contributed by atoms with van der Waals surface area (Å²) in [6, 6.07) is 18.6. The summed E-state index contributed by atoms with van der Waals surface area (Å²) in [4.78, 5) is 13.6. The van der Waals surface area contributed by atoms with Crippen LogP contribution in [0, 0.1) is 0 Å². The van der Waals surface area contributed by atoms with E-state index in [9.17, 15) is 31.5 Å². The number of hydrogen-bond donors (Lipinski definition) is 3. The second-order valence-corrected chi connectivity index (χ2v) is 12.8. The van der Waals surface area contributed by atoms with Crippen LogP contribution in [-0.2, 0) is 23.0 Å². The van der Waals surface area contributed by atoms with Gasteiger partial charge in [-0.25, -0.2) is 8.42 Å². The lowest BCUT2D eigenvalue weighted by Crippen LogP contribution is -2.48. The Morgan fingerprint density at radius 1 is 1.00 bits per heavy atom. The van der Waals surface area contributed by atoms with E-state index >= 15 is 0 Å². The summed E-state index contributed by atoms with van der Waals surface area (Å²) in [6.07, 6.45) is -5.38. The van der Waals surface area contributed by atoms with Gasteiger partial charge < -0.3 is 25.2 Å². The lowest BCUT2D eigenvalue weighted by molar-refractivity contribution is -0.274. The zero-order valence-electron chi connectivity index (χ0n) is 24.4. The summed E-state index contributed by atoms with van der Waals surface area (Å²) in [7, 11) is -3.52.